The van der Waals surface area contributed by atoms with Gasteiger partial charge in [0.15, 0.2) is 0 Å². The minimum atomic E-state index is 0.383. The van der Waals surface area contributed by atoms with Crippen LogP contribution in [-0.2, 0) is 0 Å². The standard InChI is InChI=1S/C14H18N2O/c1-10-4-2-3-5-14(10)17-12-6-7-13-11(8-12)9-15-16-13/h6-10,14H,2-5H2,1H3,(H,15,16). The number of rotatable bonds is 2. The number of nitrogens with zero attached hydrogens (tertiary/aromatic N) is 1. The Kier molecular flexibility index (Phi) is 2.75. The van der Waals surface area contributed by atoms with E-state index in [1.165, 1.54) is 25.7 Å². The fourth-order valence-electron chi connectivity index (χ4n) is 2.63. The molecule has 2 unspecified atom stereocenters. The molecule has 3 nitrogen and oxygen atoms in total. The molecule has 1 aliphatic rings. The lowest BCUT2D eigenvalue weighted by molar-refractivity contribution is 0.103. The SMILES string of the molecule is CC1CCCCC1Oc1ccc2[nH]ncc2c1. The lowest BCUT2D eigenvalue weighted by Gasteiger charge is -2.29. The molecule has 90 valence electrons. The number of ether oxygens (including phenoxy) is 1. The summed E-state index contributed by atoms with van der Waals surface area (Å²) in [4.78, 5) is 0. The molecule has 1 heterocycles. The maximum absolute atomic E-state index is 6.10. The fourth-order valence-corrected chi connectivity index (χ4v) is 2.63. The van der Waals surface area contributed by atoms with Crippen LogP contribution in [-0.4, -0.2) is 16.3 Å². The molecule has 1 N–H and O–H groups in total. The molecule has 0 aliphatic heterocycles. The van der Waals surface area contributed by atoms with Gasteiger partial charge in [0.1, 0.15) is 11.9 Å². The van der Waals surface area contributed by atoms with Gasteiger partial charge in [-0.2, -0.15) is 5.10 Å². The van der Waals surface area contributed by atoms with Crippen LogP contribution in [0.1, 0.15) is 32.6 Å². The van der Waals surface area contributed by atoms with Crippen LogP contribution in [0, 0.1) is 5.92 Å². The molecule has 1 saturated carbocycles. The van der Waals surface area contributed by atoms with Gasteiger partial charge in [-0.25, -0.2) is 0 Å². The molecular weight excluding hydrogens is 212 g/mol. The third-order valence-corrected chi connectivity index (χ3v) is 3.73. The van der Waals surface area contributed by atoms with Gasteiger partial charge in [-0.3, -0.25) is 5.10 Å². The van der Waals surface area contributed by atoms with E-state index in [0.29, 0.717) is 12.0 Å². The van der Waals surface area contributed by atoms with E-state index in [4.69, 9.17) is 4.74 Å². The molecule has 3 rings (SSSR count). The third kappa shape index (κ3) is 2.14. The van der Waals surface area contributed by atoms with Crippen LogP contribution < -0.4 is 4.74 Å². The van der Waals surface area contributed by atoms with E-state index in [1.54, 1.807) is 0 Å². The maximum Gasteiger partial charge on any atom is 0.120 e. The van der Waals surface area contributed by atoms with Crippen LogP contribution >= 0.6 is 0 Å². The minimum absolute atomic E-state index is 0.383. The smallest absolute Gasteiger partial charge is 0.120 e. The highest BCUT2D eigenvalue weighted by molar-refractivity contribution is 5.79. The summed E-state index contributed by atoms with van der Waals surface area (Å²) in [6.45, 7) is 2.29. The van der Waals surface area contributed by atoms with Crippen LogP contribution in [0.5, 0.6) is 5.75 Å². The van der Waals surface area contributed by atoms with Gasteiger partial charge < -0.3 is 4.74 Å². The molecule has 0 amide bonds. The molecule has 0 saturated heterocycles. The Labute approximate surface area is 101 Å². The Morgan fingerprint density at radius 3 is 3.06 bits per heavy atom. The Morgan fingerprint density at radius 2 is 2.18 bits per heavy atom. The van der Waals surface area contributed by atoms with Gasteiger partial charge in [-0.15, -0.1) is 0 Å². The summed E-state index contributed by atoms with van der Waals surface area (Å²) in [5.41, 5.74) is 1.06. The zero-order valence-electron chi connectivity index (χ0n) is 10.1. The number of hydrogen-bond acceptors (Lipinski definition) is 2. The molecule has 0 bridgehead atoms. The van der Waals surface area contributed by atoms with Crippen LogP contribution in [0.25, 0.3) is 10.9 Å². The molecule has 1 fully saturated rings. The molecule has 0 spiro atoms. The first kappa shape index (κ1) is 10.6. The van der Waals surface area contributed by atoms with Gasteiger partial charge >= 0.3 is 0 Å². The number of H-pyrrole nitrogens is 1. The average molecular weight is 230 g/mol. The van der Waals surface area contributed by atoms with Crippen molar-refractivity contribution in [2.24, 2.45) is 5.92 Å². The Bertz CT molecular complexity index is 506. The summed E-state index contributed by atoms with van der Waals surface area (Å²) in [6, 6.07) is 6.13. The third-order valence-electron chi connectivity index (χ3n) is 3.73. The van der Waals surface area contributed by atoms with Gasteiger partial charge in [0, 0.05) is 5.39 Å². The number of aromatic nitrogens is 2. The number of fused-ring (bicyclic) bond motifs is 1. The molecule has 2 aromatic rings. The summed E-state index contributed by atoms with van der Waals surface area (Å²) in [7, 11) is 0. The molecule has 3 heteroatoms. The molecule has 1 aliphatic carbocycles. The van der Waals surface area contributed by atoms with E-state index in [1.807, 2.05) is 18.3 Å². The first-order valence-electron chi connectivity index (χ1n) is 6.43. The largest absolute Gasteiger partial charge is 0.490 e. The highest BCUT2D eigenvalue weighted by Gasteiger charge is 2.22. The van der Waals surface area contributed by atoms with Crippen molar-refractivity contribution >= 4 is 10.9 Å². The molecule has 2 atom stereocenters. The Balaban J connectivity index is 1.79. The van der Waals surface area contributed by atoms with Crippen molar-refractivity contribution < 1.29 is 4.74 Å². The van der Waals surface area contributed by atoms with Crippen molar-refractivity contribution in [3.05, 3.63) is 24.4 Å². The highest BCUT2D eigenvalue weighted by atomic mass is 16.5. The van der Waals surface area contributed by atoms with Crippen molar-refractivity contribution in [3.63, 3.8) is 0 Å². The zero-order valence-corrected chi connectivity index (χ0v) is 10.1. The summed E-state index contributed by atoms with van der Waals surface area (Å²) < 4.78 is 6.10. The monoisotopic (exact) mass is 230 g/mol. The van der Waals surface area contributed by atoms with Gasteiger partial charge in [-0.1, -0.05) is 13.3 Å². The second kappa shape index (κ2) is 4.40. The topological polar surface area (TPSA) is 37.9 Å². The number of nitrogens with one attached hydrogen (secondary N) is 1. The van der Waals surface area contributed by atoms with Gasteiger partial charge in [0.2, 0.25) is 0 Å². The van der Waals surface area contributed by atoms with Crippen molar-refractivity contribution in [1.29, 1.82) is 0 Å². The first-order valence-corrected chi connectivity index (χ1v) is 6.43. The fraction of sp³-hybridized carbons (Fsp3) is 0.500. The van der Waals surface area contributed by atoms with Crippen LogP contribution in [0.15, 0.2) is 24.4 Å². The second-order valence-corrected chi connectivity index (χ2v) is 5.04. The molecular formula is C14H18N2O. The van der Waals surface area contributed by atoms with Crippen molar-refractivity contribution in [1.82, 2.24) is 10.2 Å². The second-order valence-electron chi connectivity index (χ2n) is 5.04. The highest BCUT2D eigenvalue weighted by Crippen LogP contribution is 2.29. The first-order chi connectivity index (χ1) is 8.33. The van der Waals surface area contributed by atoms with E-state index in [2.05, 4.69) is 23.2 Å². The summed E-state index contributed by atoms with van der Waals surface area (Å²) in [5.74, 6) is 1.64. The quantitative estimate of drug-likeness (QED) is 0.857. The van der Waals surface area contributed by atoms with Crippen molar-refractivity contribution in [2.75, 3.05) is 0 Å². The predicted octanol–water partition coefficient (Wildman–Crippen LogP) is 3.52. The van der Waals surface area contributed by atoms with Gasteiger partial charge in [0.05, 0.1) is 11.7 Å². The average Bonchev–Trinajstić information content (AvgIpc) is 2.79. The van der Waals surface area contributed by atoms with E-state index < -0.39 is 0 Å². The maximum atomic E-state index is 6.10. The molecule has 0 radical (unpaired) electrons. The van der Waals surface area contributed by atoms with Crippen molar-refractivity contribution in [2.45, 2.75) is 38.7 Å². The normalized spacial score (nSPS) is 25.0. The van der Waals surface area contributed by atoms with E-state index in [0.717, 1.165) is 16.7 Å². The lowest BCUT2D eigenvalue weighted by Crippen LogP contribution is -2.28. The van der Waals surface area contributed by atoms with E-state index in [9.17, 15) is 0 Å². The molecule has 1 aromatic heterocycles. The Hall–Kier alpha value is -1.51. The summed E-state index contributed by atoms with van der Waals surface area (Å²) in [6.07, 6.45) is 7.34. The lowest BCUT2D eigenvalue weighted by atomic mass is 9.88. The molecule has 1 aromatic carbocycles. The van der Waals surface area contributed by atoms with Crippen molar-refractivity contribution in [3.8, 4) is 5.75 Å². The predicted molar refractivity (Wildman–Crippen MR) is 68.1 cm³/mol. The van der Waals surface area contributed by atoms with Crippen LogP contribution in [0.3, 0.4) is 0 Å². The Morgan fingerprint density at radius 1 is 1.29 bits per heavy atom. The number of aromatic amines is 1. The minimum Gasteiger partial charge on any atom is -0.490 e. The number of hydrogen-bond donors (Lipinski definition) is 1. The van der Waals surface area contributed by atoms with Gasteiger partial charge in [-0.05, 0) is 43.4 Å². The van der Waals surface area contributed by atoms with Gasteiger partial charge in [0.25, 0.3) is 0 Å². The zero-order chi connectivity index (χ0) is 11.7. The van der Waals surface area contributed by atoms with Crippen LogP contribution in [0.4, 0.5) is 0 Å². The number of benzene rings is 1. The summed E-state index contributed by atoms with van der Waals surface area (Å²) >= 11 is 0. The van der Waals surface area contributed by atoms with E-state index in [-0.39, 0.29) is 0 Å². The summed E-state index contributed by atoms with van der Waals surface area (Å²) in [5, 5.41) is 8.09. The molecule has 17 heavy (non-hydrogen) atoms. The van der Waals surface area contributed by atoms with Crippen LogP contribution in [0.2, 0.25) is 0 Å². The van der Waals surface area contributed by atoms with E-state index >= 15 is 0 Å².